The van der Waals surface area contributed by atoms with Crippen molar-refractivity contribution in [2.45, 2.75) is 17.9 Å². The van der Waals surface area contributed by atoms with E-state index in [1.807, 2.05) is 18.2 Å². The first-order valence-electron chi connectivity index (χ1n) is 11.9. The fraction of sp³-hybridized carbons (Fsp3) is 0.138. The molecule has 4 aromatic carbocycles. The molecule has 39 heavy (non-hydrogen) atoms. The number of hydrogen-bond acceptors (Lipinski definition) is 5. The highest BCUT2D eigenvalue weighted by atomic mass is 35.5. The molecule has 4 rings (SSSR count). The standard InChI is InChI=1S/C29H26Cl2N2O5S/c1-37-26-13-11-22(16-27(26)38-15-14-21-10-12-23(30)17-25(21)31)29(34)33-18-19-6-8-20(9-7-19)24-4-2-3-5-28(24)39(32,35)36/h2-13,16-17H,14-15,18H2,1H3,(H,33,34)(H2,32,35,36). The molecule has 0 spiro atoms. The summed E-state index contributed by atoms with van der Waals surface area (Å²) < 4.78 is 35.1. The summed E-state index contributed by atoms with van der Waals surface area (Å²) in [5, 5.41) is 9.37. The Labute approximate surface area is 237 Å². The number of primary sulfonamides is 1. The van der Waals surface area contributed by atoms with Crippen LogP contribution in [0.25, 0.3) is 11.1 Å². The molecule has 0 bridgehead atoms. The normalized spacial score (nSPS) is 11.2. The van der Waals surface area contributed by atoms with Crippen LogP contribution in [0.1, 0.15) is 21.5 Å². The molecule has 0 saturated carbocycles. The highest BCUT2D eigenvalue weighted by Gasteiger charge is 2.15. The molecule has 0 saturated heterocycles. The molecule has 1 amide bonds. The Morgan fingerprint density at radius 1 is 0.923 bits per heavy atom. The van der Waals surface area contributed by atoms with Crippen LogP contribution in [0.4, 0.5) is 0 Å². The minimum atomic E-state index is -3.86. The predicted molar refractivity (Wildman–Crippen MR) is 153 cm³/mol. The van der Waals surface area contributed by atoms with Crippen molar-refractivity contribution in [2.24, 2.45) is 5.14 Å². The summed E-state index contributed by atoms with van der Waals surface area (Å²) in [5.74, 6) is 0.657. The van der Waals surface area contributed by atoms with E-state index in [9.17, 15) is 13.2 Å². The minimum Gasteiger partial charge on any atom is -0.493 e. The lowest BCUT2D eigenvalue weighted by molar-refractivity contribution is 0.0950. The molecule has 0 heterocycles. The van der Waals surface area contributed by atoms with Gasteiger partial charge < -0.3 is 14.8 Å². The smallest absolute Gasteiger partial charge is 0.251 e. The lowest BCUT2D eigenvalue weighted by atomic mass is 10.0. The summed E-state index contributed by atoms with van der Waals surface area (Å²) in [4.78, 5) is 12.9. The number of hydrogen-bond donors (Lipinski definition) is 2. The van der Waals surface area contributed by atoms with Gasteiger partial charge in [-0.25, -0.2) is 13.6 Å². The Balaban J connectivity index is 1.40. The third-order valence-corrected chi connectivity index (χ3v) is 7.54. The highest BCUT2D eigenvalue weighted by Crippen LogP contribution is 2.29. The van der Waals surface area contributed by atoms with Gasteiger partial charge in [0.25, 0.3) is 5.91 Å². The Kier molecular flexibility index (Phi) is 9.14. The number of rotatable bonds is 10. The summed E-state index contributed by atoms with van der Waals surface area (Å²) >= 11 is 12.2. The van der Waals surface area contributed by atoms with Gasteiger partial charge in [0.2, 0.25) is 10.0 Å². The number of benzene rings is 4. The van der Waals surface area contributed by atoms with Crippen molar-refractivity contribution in [3.8, 4) is 22.6 Å². The molecule has 0 aliphatic rings. The molecular weight excluding hydrogens is 559 g/mol. The molecule has 3 N–H and O–H groups in total. The first-order valence-corrected chi connectivity index (χ1v) is 14.2. The number of carbonyl (C=O) groups is 1. The second kappa shape index (κ2) is 12.5. The average molecular weight is 586 g/mol. The Morgan fingerprint density at radius 3 is 2.36 bits per heavy atom. The zero-order chi connectivity index (χ0) is 28.0. The van der Waals surface area contributed by atoms with Gasteiger partial charge in [-0.1, -0.05) is 71.7 Å². The van der Waals surface area contributed by atoms with Crippen molar-refractivity contribution in [3.63, 3.8) is 0 Å². The van der Waals surface area contributed by atoms with Gasteiger partial charge >= 0.3 is 0 Å². The van der Waals surface area contributed by atoms with Crippen LogP contribution in [0.5, 0.6) is 11.5 Å². The molecule has 0 aliphatic carbocycles. The van der Waals surface area contributed by atoms with E-state index < -0.39 is 10.0 Å². The topological polar surface area (TPSA) is 108 Å². The van der Waals surface area contributed by atoms with E-state index >= 15 is 0 Å². The number of methoxy groups -OCH3 is 1. The van der Waals surface area contributed by atoms with Crippen LogP contribution in [-0.4, -0.2) is 28.0 Å². The fourth-order valence-electron chi connectivity index (χ4n) is 3.97. The minimum absolute atomic E-state index is 0.0554. The van der Waals surface area contributed by atoms with Crippen LogP contribution in [0.2, 0.25) is 10.0 Å². The molecular formula is C29H26Cl2N2O5S. The van der Waals surface area contributed by atoms with Crippen LogP contribution in [0.15, 0.2) is 89.8 Å². The third-order valence-electron chi connectivity index (χ3n) is 5.98. The van der Waals surface area contributed by atoms with Crippen molar-refractivity contribution >= 4 is 39.1 Å². The quantitative estimate of drug-likeness (QED) is 0.242. The van der Waals surface area contributed by atoms with E-state index in [2.05, 4.69) is 5.32 Å². The second-order valence-corrected chi connectivity index (χ2v) is 11.0. The van der Waals surface area contributed by atoms with E-state index in [-0.39, 0.29) is 17.3 Å². The molecule has 202 valence electrons. The molecule has 0 radical (unpaired) electrons. The monoisotopic (exact) mass is 584 g/mol. The number of nitrogens with two attached hydrogens (primary N) is 1. The van der Waals surface area contributed by atoms with Gasteiger partial charge in [-0.2, -0.15) is 0 Å². The molecule has 0 aliphatic heterocycles. The van der Waals surface area contributed by atoms with Gasteiger partial charge in [-0.05, 0) is 53.1 Å². The molecule has 0 aromatic heterocycles. The van der Waals surface area contributed by atoms with Crippen LogP contribution in [0, 0.1) is 0 Å². The van der Waals surface area contributed by atoms with Gasteiger partial charge in [-0.3, -0.25) is 4.79 Å². The van der Waals surface area contributed by atoms with Crippen LogP contribution < -0.4 is 19.9 Å². The van der Waals surface area contributed by atoms with Gasteiger partial charge in [-0.15, -0.1) is 0 Å². The highest BCUT2D eigenvalue weighted by molar-refractivity contribution is 7.89. The van der Waals surface area contributed by atoms with Crippen molar-refractivity contribution in [1.29, 1.82) is 0 Å². The van der Waals surface area contributed by atoms with Crippen molar-refractivity contribution in [2.75, 3.05) is 13.7 Å². The van der Waals surface area contributed by atoms with Crippen molar-refractivity contribution in [1.82, 2.24) is 5.32 Å². The van der Waals surface area contributed by atoms with Gasteiger partial charge in [0.1, 0.15) is 0 Å². The molecule has 7 nitrogen and oxygen atoms in total. The van der Waals surface area contributed by atoms with E-state index in [1.54, 1.807) is 60.7 Å². The van der Waals surface area contributed by atoms with E-state index in [0.717, 1.165) is 11.1 Å². The molecule has 0 atom stereocenters. The molecule has 10 heteroatoms. The first kappa shape index (κ1) is 28.4. The molecule has 0 unspecified atom stereocenters. The SMILES string of the molecule is COc1ccc(C(=O)NCc2ccc(-c3ccccc3S(N)(=O)=O)cc2)cc1OCCc1ccc(Cl)cc1Cl. The Morgan fingerprint density at radius 2 is 1.67 bits per heavy atom. The number of amides is 1. The van der Waals surface area contributed by atoms with E-state index in [1.165, 1.54) is 13.2 Å². The predicted octanol–water partition coefficient (Wildman–Crippen LogP) is 5.87. The van der Waals surface area contributed by atoms with Crippen molar-refractivity contribution < 1.29 is 22.7 Å². The fourth-order valence-corrected chi connectivity index (χ4v) is 5.23. The second-order valence-electron chi connectivity index (χ2n) is 8.62. The number of nitrogens with one attached hydrogen (secondary N) is 1. The van der Waals surface area contributed by atoms with E-state index in [0.29, 0.717) is 51.3 Å². The maximum atomic E-state index is 12.9. The Hall–Kier alpha value is -3.56. The maximum Gasteiger partial charge on any atom is 0.251 e. The number of halogens is 2. The van der Waals surface area contributed by atoms with Crippen molar-refractivity contribution in [3.05, 3.63) is 112 Å². The largest absolute Gasteiger partial charge is 0.493 e. The van der Waals surface area contributed by atoms with Crippen LogP contribution >= 0.6 is 23.2 Å². The van der Waals surface area contributed by atoms with Gasteiger partial charge in [0, 0.05) is 34.1 Å². The summed E-state index contributed by atoms with van der Waals surface area (Å²) in [7, 11) is -2.33. The van der Waals surface area contributed by atoms with Crippen LogP contribution in [-0.2, 0) is 23.0 Å². The van der Waals surface area contributed by atoms with E-state index in [4.69, 9.17) is 37.8 Å². The third kappa shape index (κ3) is 7.30. The van der Waals surface area contributed by atoms with Crippen LogP contribution in [0.3, 0.4) is 0 Å². The summed E-state index contributed by atoms with van der Waals surface area (Å²) in [6.45, 7) is 0.594. The lowest BCUT2D eigenvalue weighted by Crippen LogP contribution is -2.22. The summed E-state index contributed by atoms with van der Waals surface area (Å²) in [5.41, 5.74) is 3.36. The van der Waals surface area contributed by atoms with Gasteiger partial charge in [0.15, 0.2) is 11.5 Å². The zero-order valence-electron chi connectivity index (χ0n) is 21.0. The zero-order valence-corrected chi connectivity index (χ0v) is 23.3. The average Bonchev–Trinajstić information content (AvgIpc) is 2.92. The summed E-state index contributed by atoms with van der Waals surface area (Å²) in [6.07, 6.45) is 0.549. The maximum absolute atomic E-state index is 12.9. The number of sulfonamides is 1. The molecule has 4 aromatic rings. The number of ether oxygens (including phenoxy) is 2. The summed E-state index contributed by atoms with van der Waals surface area (Å²) in [6, 6.07) is 24.0. The molecule has 0 fully saturated rings. The number of carbonyl (C=O) groups excluding carboxylic acids is 1. The van der Waals surface area contributed by atoms with Gasteiger partial charge in [0.05, 0.1) is 18.6 Å². The Bertz CT molecular complexity index is 1590. The first-order chi connectivity index (χ1) is 18.7. The lowest BCUT2D eigenvalue weighted by Gasteiger charge is -2.13.